The number of carbonyl (C=O) groups is 1. The Labute approximate surface area is 148 Å². The number of para-hydroxylation sites is 1. The Bertz CT molecular complexity index is 848. The van der Waals surface area contributed by atoms with Gasteiger partial charge in [-0.15, -0.1) is 0 Å². The van der Waals surface area contributed by atoms with Gasteiger partial charge in [-0.25, -0.2) is 0 Å². The molecule has 1 heterocycles. The summed E-state index contributed by atoms with van der Waals surface area (Å²) in [5.41, 5.74) is 7.27. The second-order valence-electron chi connectivity index (χ2n) is 5.93. The van der Waals surface area contributed by atoms with Crippen LogP contribution < -0.4 is 10.4 Å². The van der Waals surface area contributed by atoms with Crippen LogP contribution in [0.4, 0.5) is 5.69 Å². The molecule has 0 spiro atoms. The van der Waals surface area contributed by atoms with Gasteiger partial charge in [0.2, 0.25) is 0 Å². The van der Waals surface area contributed by atoms with Crippen LogP contribution in [0.3, 0.4) is 0 Å². The van der Waals surface area contributed by atoms with Crippen LogP contribution in [0.5, 0.6) is 0 Å². The van der Waals surface area contributed by atoms with E-state index in [1.807, 2.05) is 91.7 Å². The first-order valence-corrected chi connectivity index (χ1v) is 8.25. The maximum atomic E-state index is 12.8. The van der Waals surface area contributed by atoms with Crippen LogP contribution in [0.25, 0.3) is 0 Å². The molecule has 0 saturated heterocycles. The molecule has 1 aromatic heterocycles. The van der Waals surface area contributed by atoms with E-state index in [2.05, 4.69) is 10.4 Å². The van der Waals surface area contributed by atoms with Crippen molar-refractivity contribution in [2.45, 2.75) is 20.4 Å². The highest BCUT2D eigenvalue weighted by Gasteiger charge is 2.15. The van der Waals surface area contributed by atoms with Gasteiger partial charge in [0.1, 0.15) is 0 Å². The number of nitrogens with one attached hydrogen (secondary N) is 1. The molecular weight excluding hydrogens is 310 g/mol. The largest absolute Gasteiger partial charge is 0.281 e. The maximum Gasteiger partial charge on any atom is 0.271 e. The highest BCUT2D eigenvalue weighted by atomic mass is 16.2. The van der Waals surface area contributed by atoms with Crippen LogP contribution in [0.2, 0.25) is 0 Å². The summed E-state index contributed by atoms with van der Waals surface area (Å²) in [4.78, 5) is 17.1. The molecule has 0 bridgehead atoms. The van der Waals surface area contributed by atoms with Gasteiger partial charge >= 0.3 is 0 Å². The van der Waals surface area contributed by atoms with E-state index in [4.69, 9.17) is 0 Å². The average Bonchev–Trinajstić information content (AvgIpc) is 2.62. The van der Waals surface area contributed by atoms with E-state index < -0.39 is 0 Å². The average molecular weight is 331 g/mol. The molecule has 0 saturated carbocycles. The number of hydrazine groups is 1. The Morgan fingerprint density at radius 2 is 1.56 bits per heavy atom. The van der Waals surface area contributed by atoms with Crippen LogP contribution in [-0.2, 0) is 6.54 Å². The predicted molar refractivity (Wildman–Crippen MR) is 100 cm³/mol. The fourth-order valence-electron chi connectivity index (χ4n) is 2.68. The van der Waals surface area contributed by atoms with Gasteiger partial charge in [-0.1, -0.05) is 48.5 Å². The molecule has 3 aromatic rings. The van der Waals surface area contributed by atoms with E-state index in [1.165, 1.54) is 0 Å². The summed E-state index contributed by atoms with van der Waals surface area (Å²) in [6.45, 7) is 4.35. The lowest BCUT2D eigenvalue weighted by molar-refractivity contribution is 0.0947. The molecule has 0 radical (unpaired) electrons. The van der Waals surface area contributed by atoms with E-state index >= 15 is 0 Å². The summed E-state index contributed by atoms with van der Waals surface area (Å²) in [7, 11) is 0. The van der Waals surface area contributed by atoms with Crippen molar-refractivity contribution in [2.75, 3.05) is 5.01 Å². The predicted octanol–water partition coefficient (Wildman–Crippen LogP) is 4.05. The molecule has 4 heteroatoms. The number of rotatable bonds is 5. The first-order chi connectivity index (χ1) is 12.1. The Morgan fingerprint density at radius 1 is 0.920 bits per heavy atom. The molecule has 2 aromatic carbocycles. The second-order valence-corrected chi connectivity index (χ2v) is 5.93. The highest BCUT2D eigenvalue weighted by Crippen LogP contribution is 2.16. The first-order valence-electron chi connectivity index (χ1n) is 8.25. The molecule has 0 fully saturated rings. The van der Waals surface area contributed by atoms with Crippen molar-refractivity contribution in [3.63, 3.8) is 0 Å². The Balaban J connectivity index is 1.85. The number of hydrogen-bond donors (Lipinski definition) is 1. The standard InChI is InChI=1S/C21H21N3O/c1-16-13-14-20(17(2)22-16)21(25)23-24(19-11-7-4-8-12-19)15-18-9-5-3-6-10-18/h3-14H,15H2,1-2H3,(H,23,25). The molecule has 3 rings (SSSR count). The number of pyridine rings is 1. The van der Waals surface area contributed by atoms with Gasteiger partial charge in [0.15, 0.2) is 0 Å². The number of aromatic nitrogens is 1. The summed E-state index contributed by atoms with van der Waals surface area (Å²) < 4.78 is 0. The molecule has 0 unspecified atom stereocenters. The van der Waals surface area contributed by atoms with E-state index in [0.29, 0.717) is 12.1 Å². The highest BCUT2D eigenvalue weighted by molar-refractivity contribution is 5.96. The Morgan fingerprint density at radius 3 is 2.20 bits per heavy atom. The smallest absolute Gasteiger partial charge is 0.271 e. The van der Waals surface area contributed by atoms with E-state index in [9.17, 15) is 4.79 Å². The zero-order valence-corrected chi connectivity index (χ0v) is 14.4. The number of carbonyl (C=O) groups excluding carboxylic acids is 1. The molecule has 1 N–H and O–H groups in total. The molecule has 4 nitrogen and oxygen atoms in total. The molecule has 25 heavy (non-hydrogen) atoms. The van der Waals surface area contributed by atoms with E-state index in [1.54, 1.807) is 0 Å². The Hall–Kier alpha value is -3.14. The number of aryl methyl sites for hydroxylation is 2. The third-order valence-electron chi connectivity index (χ3n) is 3.96. The lowest BCUT2D eigenvalue weighted by atomic mass is 10.1. The summed E-state index contributed by atoms with van der Waals surface area (Å²) in [6, 6.07) is 23.6. The van der Waals surface area contributed by atoms with Crippen LogP contribution in [-0.4, -0.2) is 10.9 Å². The third-order valence-corrected chi connectivity index (χ3v) is 3.96. The minimum atomic E-state index is -0.162. The van der Waals surface area contributed by atoms with Crippen LogP contribution in [0, 0.1) is 13.8 Å². The number of hydrogen-bond acceptors (Lipinski definition) is 3. The lowest BCUT2D eigenvalue weighted by Gasteiger charge is -2.26. The van der Waals surface area contributed by atoms with E-state index in [0.717, 1.165) is 22.6 Å². The summed E-state index contributed by atoms with van der Waals surface area (Å²) in [6.07, 6.45) is 0. The molecule has 126 valence electrons. The zero-order chi connectivity index (χ0) is 17.6. The summed E-state index contributed by atoms with van der Waals surface area (Å²) >= 11 is 0. The Kier molecular flexibility index (Phi) is 5.09. The maximum absolute atomic E-state index is 12.8. The molecular formula is C21H21N3O. The second kappa shape index (κ2) is 7.62. The summed E-state index contributed by atoms with van der Waals surface area (Å²) in [5, 5.41) is 1.86. The minimum Gasteiger partial charge on any atom is -0.281 e. The number of benzene rings is 2. The van der Waals surface area contributed by atoms with Gasteiger partial charge < -0.3 is 0 Å². The summed E-state index contributed by atoms with van der Waals surface area (Å²) in [5.74, 6) is -0.162. The van der Waals surface area contributed by atoms with Crippen molar-refractivity contribution in [3.05, 3.63) is 95.3 Å². The number of amides is 1. The van der Waals surface area contributed by atoms with Crippen molar-refractivity contribution >= 4 is 11.6 Å². The monoisotopic (exact) mass is 331 g/mol. The normalized spacial score (nSPS) is 10.3. The molecule has 0 aliphatic rings. The quantitative estimate of drug-likeness (QED) is 0.717. The van der Waals surface area contributed by atoms with Crippen LogP contribution in [0.15, 0.2) is 72.8 Å². The number of anilines is 1. The van der Waals surface area contributed by atoms with Crippen LogP contribution >= 0.6 is 0 Å². The topological polar surface area (TPSA) is 45.2 Å². The first kappa shape index (κ1) is 16.7. The minimum absolute atomic E-state index is 0.162. The molecule has 0 aliphatic carbocycles. The fourth-order valence-corrected chi connectivity index (χ4v) is 2.68. The van der Waals surface area contributed by atoms with Crippen LogP contribution in [0.1, 0.15) is 27.3 Å². The van der Waals surface area contributed by atoms with Gasteiger partial charge in [-0.05, 0) is 43.7 Å². The SMILES string of the molecule is Cc1ccc(C(=O)NN(Cc2ccccc2)c2ccccc2)c(C)n1. The van der Waals surface area contributed by atoms with Crippen molar-refractivity contribution in [1.82, 2.24) is 10.4 Å². The van der Waals surface area contributed by atoms with Crippen molar-refractivity contribution < 1.29 is 4.79 Å². The molecule has 1 amide bonds. The lowest BCUT2D eigenvalue weighted by Crippen LogP contribution is -2.42. The zero-order valence-electron chi connectivity index (χ0n) is 14.4. The molecule has 0 atom stereocenters. The fraction of sp³-hybridized carbons (Fsp3) is 0.143. The van der Waals surface area contributed by atoms with Crippen molar-refractivity contribution in [3.8, 4) is 0 Å². The van der Waals surface area contributed by atoms with E-state index in [-0.39, 0.29) is 5.91 Å². The van der Waals surface area contributed by atoms with Gasteiger partial charge in [0.05, 0.1) is 23.5 Å². The van der Waals surface area contributed by atoms with Crippen molar-refractivity contribution in [2.24, 2.45) is 0 Å². The third kappa shape index (κ3) is 4.23. The van der Waals surface area contributed by atoms with Gasteiger partial charge in [0, 0.05) is 5.69 Å². The molecule has 0 aliphatic heterocycles. The number of nitrogens with zero attached hydrogens (tertiary/aromatic N) is 2. The van der Waals surface area contributed by atoms with Crippen molar-refractivity contribution in [1.29, 1.82) is 0 Å². The van der Waals surface area contributed by atoms with Gasteiger partial charge in [-0.2, -0.15) is 0 Å². The van der Waals surface area contributed by atoms with Gasteiger partial charge in [0.25, 0.3) is 5.91 Å². The van der Waals surface area contributed by atoms with Gasteiger partial charge in [-0.3, -0.25) is 20.2 Å².